The highest BCUT2D eigenvalue weighted by atomic mass is 35.5. The Morgan fingerprint density at radius 2 is 2.12 bits per heavy atom. The molecule has 5 heteroatoms. The molecule has 0 saturated heterocycles. The largest absolute Gasteiger partial charge is 0.490 e. The summed E-state index contributed by atoms with van der Waals surface area (Å²) >= 11 is 5.84. The number of aromatic nitrogens is 2. The van der Waals surface area contributed by atoms with Crippen molar-refractivity contribution in [2.75, 3.05) is 7.11 Å². The summed E-state index contributed by atoms with van der Waals surface area (Å²) in [6.07, 6.45) is 7.06. The van der Waals surface area contributed by atoms with Gasteiger partial charge in [-0.05, 0) is 12.8 Å². The van der Waals surface area contributed by atoms with Crippen LogP contribution < -0.4 is 10.3 Å². The van der Waals surface area contributed by atoms with Gasteiger partial charge in [-0.15, -0.1) is 0 Å². The lowest BCUT2D eigenvalue weighted by molar-refractivity contribution is 0.308. The lowest BCUT2D eigenvalue weighted by atomic mass is 9.96. The number of hydrogen-bond donors (Lipinski definition) is 0. The van der Waals surface area contributed by atoms with Gasteiger partial charge in [-0.1, -0.05) is 30.9 Å². The van der Waals surface area contributed by atoms with E-state index < -0.39 is 0 Å². The van der Waals surface area contributed by atoms with Crippen molar-refractivity contribution in [3.05, 3.63) is 21.6 Å². The molecule has 16 heavy (non-hydrogen) atoms. The van der Waals surface area contributed by atoms with E-state index in [0.29, 0.717) is 0 Å². The van der Waals surface area contributed by atoms with Gasteiger partial charge < -0.3 is 4.74 Å². The predicted molar refractivity (Wildman–Crippen MR) is 62.2 cm³/mol. The maximum atomic E-state index is 12.0. The lowest BCUT2D eigenvalue weighted by Gasteiger charge is -2.22. The predicted octanol–water partition coefficient (Wildman–Crippen LogP) is 2.41. The summed E-state index contributed by atoms with van der Waals surface area (Å²) < 4.78 is 6.52. The molecule has 2 rings (SSSR count). The standard InChI is InChI=1S/C11H15ClN2O2/c1-16-10-9(12)7-13-14(11(10)15)8-5-3-2-4-6-8/h7-8H,2-6H2,1H3. The molecule has 88 valence electrons. The molecule has 0 atom stereocenters. The number of nitrogens with zero attached hydrogens (tertiary/aromatic N) is 2. The van der Waals surface area contributed by atoms with Gasteiger partial charge in [0.15, 0.2) is 0 Å². The van der Waals surface area contributed by atoms with E-state index in [0.717, 1.165) is 25.7 Å². The number of ether oxygens (including phenoxy) is 1. The van der Waals surface area contributed by atoms with Crippen LogP contribution >= 0.6 is 11.6 Å². The first-order valence-electron chi connectivity index (χ1n) is 5.55. The van der Waals surface area contributed by atoms with E-state index in [1.54, 1.807) is 0 Å². The molecule has 0 radical (unpaired) electrons. The first kappa shape index (κ1) is 11.5. The molecular weight excluding hydrogens is 228 g/mol. The van der Waals surface area contributed by atoms with Crippen LogP contribution in [0.15, 0.2) is 11.0 Å². The third kappa shape index (κ3) is 2.07. The van der Waals surface area contributed by atoms with E-state index in [-0.39, 0.29) is 22.4 Å². The second-order valence-corrected chi connectivity index (χ2v) is 4.47. The molecule has 0 bridgehead atoms. The summed E-state index contributed by atoms with van der Waals surface area (Å²) in [4.78, 5) is 12.0. The fraction of sp³-hybridized carbons (Fsp3) is 0.636. The Bertz CT molecular complexity index is 424. The zero-order chi connectivity index (χ0) is 11.5. The van der Waals surface area contributed by atoms with Crippen molar-refractivity contribution in [1.82, 2.24) is 9.78 Å². The molecule has 1 aliphatic carbocycles. The van der Waals surface area contributed by atoms with Gasteiger partial charge >= 0.3 is 5.56 Å². The van der Waals surface area contributed by atoms with Gasteiger partial charge in [0.05, 0.1) is 19.3 Å². The third-order valence-corrected chi connectivity index (χ3v) is 3.31. The van der Waals surface area contributed by atoms with E-state index in [1.807, 2.05) is 0 Å². The first-order valence-corrected chi connectivity index (χ1v) is 5.93. The zero-order valence-electron chi connectivity index (χ0n) is 9.28. The van der Waals surface area contributed by atoms with Crippen molar-refractivity contribution in [1.29, 1.82) is 0 Å². The molecule has 0 spiro atoms. The average Bonchev–Trinajstić information content (AvgIpc) is 2.31. The SMILES string of the molecule is COc1c(Cl)cnn(C2CCCCC2)c1=O. The van der Waals surface area contributed by atoms with E-state index in [2.05, 4.69) is 5.10 Å². The Balaban J connectivity index is 2.37. The maximum absolute atomic E-state index is 12.0. The molecule has 1 aromatic heterocycles. The van der Waals surface area contributed by atoms with Crippen LogP contribution in [-0.4, -0.2) is 16.9 Å². The fourth-order valence-electron chi connectivity index (χ4n) is 2.20. The number of rotatable bonds is 2. The Labute approximate surface area is 99.2 Å². The summed E-state index contributed by atoms with van der Waals surface area (Å²) in [6, 6.07) is 0.201. The highest BCUT2D eigenvalue weighted by Crippen LogP contribution is 2.27. The Morgan fingerprint density at radius 3 is 2.75 bits per heavy atom. The van der Waals surface area contributed by atoms with E-state index in [4.69, 9.17) is 16.3 Å². The van der Waals surface area contributed by atoms with Crippen molar-refractivity contribution < 1.29 is 4.74 Å². The Hall–Kier alpha value is -1.03. The molecule has 0 unspecified atom stereocenters. The van der Waals surface area contributed by atoms with Gasteiger partial charge in [0.1, 0.15) is 5.02 Å². The highest BCUT2D eigenvalue weighted by molar-refractivity contribution is 6.31. The van der Waals surface area contributed by atoms with Crippen molar-refractivity contribution in [2.45, 2.75) is 38.1 Å². The molecule has 1 aliphatic rings. The van der Waals surface area contributed by atoms with E-state index in [9.17, 15) is 4.79 Å². The Morgan fingerprint density at radius 1 is 1.44 bits per heavy atom. The van der Waals surface area contributed by atoms with Crippen molar-refractivity contribution >= 4 is 11.6 Å². The van der Waals surface area contributed by atoms with Gasteiger partial charge in [0.2, 0.25) is 5.75 Å². The van der Waals surface area contributed by atoms with Crippen LogP contribution in [0.5, 0.6) is 5.75 Å². The van der Waals surface area contributed by atoms with Crippen LogP contribution in [0.2, 0.25) is 5.02 Å². The van der Waals surface area contributed by atoms with Crippen LogP contribution in [0.25, 0.3) is 0 Å². The summed E-state index contributed by atoms with van der Waals surface area (Å²) in [5.41, 5.74) is -0.220. The molecule has 0 aliphatic heterocycles. The van der Waals surface area contributed by atoms with Gasteiger partial charge in [-0.2, -0.15) is 5.10 Å². The second-order valence-electron chi connectivity index (χ2n) is 4.07. The topological polar surface area (TPSA) is 44.1 Å². The monoisotopic (exact) mass is 242 g/mol. The van der Waals surface area contributed by atoms with Crippen LogP contribution in [0.3, 0.4) is 0 Å². The van der Waals surface area contributed by atoms with Crippen LogP contribution in [0, 0.1) is 0 Å². The zero-order valence-corrected chi connectivity index (χ0v) is 10.0. The molecule has 1 heterocycles. The molecule has 1 aromatic rings. The fourth-order valence-corrected chi connectivity index (χ4v) is 2.40. The summed E-state index contributed by atoms with van der Waals surface area (Å²) in [6.45, 7) is 0. The second kappa shape index (κ2) is 4.87. The number of methoxy groups -OCH3 is 1. The summed E-state index contributed by atoms with van der Waals surface area (Å²) in [5, 5.41) is 4.38. The van der Waals surface area contributed by atoms with E-state index in [1.165, 1.54) is 24.4 Å². The molecule has 1 fully saturated rings. The van der Waals surface area contributed by atoms with Gasteiger partial charge in [-0.3, -0.25) is 4.79 Å². The first-order chi connectivity index (χ1) is 7.74. The minimum atomic E-state index is -0.220. The minimum absolute atomic E-state index is 0.197. The van der Waals surface area contributed by atoms with Gasteiger partial charge in [0.25, 0.3) is 0 Å². The van der Waals surface area contributed by atoms with Crippen LogP contribution in [0.4, 0.5) is 0 Å². The van der Waals surface area contributed by atoms with Crippen LogP contribution in [0.1, 0.15) is 38.1 Å². The van der Waals surface area contributed by atoms with Crippen LogP contribution in [-0.2, 0) is 0 Å². The lowest BCUT2D eigenvalue weighted by Crippen LogP contribution is -2.29. The maximum Gasteiger partial charge on any atom is 0.310 e. The molecular formula is C11H15ClN2O2. The summed E-state index contributed by atoms with van der Waals surface area (Å²) in [5.74, 6) is 0.197. The number of hydrogen-bond acceptors (Lipinski definition) is 3. The van der Waals surface area contributed by atoms with Crippen molar-refractivity contribution in [3.63, 3.8) is 0 Å². The van der Waals surface area contributed by atoms with E-state index >= 15 is 0 Å². The molecule has 0 N–H and O–H groups in total. The number of halogens is 1. The third-order valence-electron chi connectivity index (χ3n) is 3.04. The molecule has 1 saturated carbocycles. The van der Waals surface area contributed by atoms with Gasteiger partial charge in [-0.25, -0.2) is 4.68 Å². The molecule has 0 amide bonds. The van der Waals surface area contributed by atoms with Gasteiger partial charge in [0, 0.05) is 0 Å². The van der Waals surface area contributed by atoms with Crippen molar-refractivity contribution in [3.8, 4) is 5.75 Å². The minimum Gasteiger partial charge on any atom is -0.490 e. The highest BCUT2D eigenvalue weighted by Gasteiger charge is 2.20. The quantitative estimate of drug-likeness (QED) is 0.800. The molecule has 0 aromatic carbocycles. The molecule has 4 nitrogen and oxygen atoms in total. The smallest absolute Gasteiger partial charge is 0.310 e. The summed E-state index contributed by atoms with van der Waals surface area (Å²) in [7, 11) is 1.45. The average molecular weight is 243 g/mol. The normalized spacial score (nSPS) is 17.4. The Kier molecular flexibility index (Phi) is 3.49. The van der Waals surface area contributed by atoms with Crippen molar-refractivity contribution in [2.24, 2.45) is 0 Å².